The first kappa shape index (κ1) is 16.7. The number of carbonyl (C=O) groups is 1. The van der Waals surface area contributed by atoms with Crippen LogP contribution in [0.1, 0.15) is 23.8 Å². The Kier molecular flexibility index (Phi) is 6.27. The van der Waals surface area contributed by atoms with Gasteiger partial charge in [-0.2, -0.15) is 0 Å². The molecule has 7 heteroatoms. The van der Waals surface area contributed by atoms with E-state index < -0.39 is 0 Å². The Labute approximate surface area is 141 Å². The molecular weight excluding hydrogens is 314 g/mol. The van der Waals surface area contributed by atoms with Gasteiger partial charge in [-0.3, -0.25) is 4.90 Å². The molecule has 0 bridgehead atoms. The Hall–Kier alpha value is -1.15. The largest absolute Gasteiger partial charge is 0.379 e. The number of hydrogen-bond acceptors (Lipinski definition) is 5. The fraction of sp³-hybridized carbons (Fsp3) is 0.688. The van der Waals surface area contributed by atoms with Crippen LogP contribution in [0.3, 0.4) is 0 Å². The summed E-state index contributed by atoms with van der Waals surface area (Å²) in [6.45, 7) is 5.33. The number of nitrogens with zero attached hydrogens (tertiary/aromatic N) is 1. The van der Waals surface area contributed by atoms with Crippen molar-refractivity contribution in [3.8, 4) is 0 Å². The Bertz CT molecular complexity index is 471. The summed E-state index contributed by atoms with van der Waals surface area (Å²) in [6, 6.07) is 4.30. The lowest BCUT2D eigenvalue weighted by atomic mass is 10.2. The highest BCUT2D eigenvalue weighted by atomic mass is 32.1. The average Bonchev–Trinajstić information content (AvgIpc) is 3.28. The molecule has 2 saturated heterocycles. The zero-order valence-corrected chi connectivity index (χ0v) is 14.1. The fourth-order valence-electron chi connectivity index (χ4n) is 3.04. The van der Waals surface area contributed by atoms with Gasteiger partial charge in [0.15, 0.2) is 0 Å². The molecule has 2 fully saturated rings. The van der Waals surface area contributed by atoms with Crippen molar-refractivity contribution in [2.75, 3.05) is 46.0 Å². The van der Waals surface area contributed by atoms with Gasteiger partial charge >= 0.3 is 6.03 Å². The lowest BCUT2D eigenvalue weighted by Gasteiger charge is -2.34. The highest BCUT2D eigenvalue weighted by Crippen LogP contribution is 2.25. The van der Waals surface area contributed by atoms with Crippen molar-refractivity contribution in [3.05, 3.63) is 22.4 Å². The molecule has 2 unspecified atom stereocenters. The van der Waals surface area contributed by atoms with Crippen LogP contribution in [0.25, 0.3) is 0 Å². The Balaban J connectivity index is 1.48. The van der Waals surface area contributed by atoms with Gasteiger partial charge in [0.1, 0.15) is 0 Å². The van der Waals surface area contributed by atoms with Crippen molar-refractivity contribution in [1.82, 2.24) is 15.5 Å². The second-order valence-corrected chi connectivity index (χ2v) is 6.88. The third-order valence-corrected chi connectivity index (χ3v) is 5.30. The van der Waals surface area contributed by atoms with Gasteiger partial charge < -0.3 is 20.1 Å². The molecule has 1 aromatic rings. The number of nitrogens with one attached hydrogen (secondary N) is 2. The first-order chi connectivity index (χ1) is 11.3. The van der Waals surface area contributed by atoms with Crippen LogP contribution in [-0.4, -0.2) is 63.0 Å². The number of ether oxygens (including phenoxy) is 2. The second-order valence-electron chi connectivity index (χ2n) is 5.91. The molecule has 0 radical (unpaired) electrons. The van der Waals surface area contributed by atoms with Gasteiger partial charge in [0.2, 0.25) is 0 Å². The third kappa shape index (κ3) is 4.91. The molecule has 1 aromatic heterocycles. The van der Waals surface area contributed by atoms with E-state index in [1.807, 2.05) is 0 Å². The van der Waals surface area contributed by atoms with Crippen molar-refractivity contribution in [1.29, 1.82) is 0 Å². The molecule has 2 aliphatic rings. The van der Waals surface area contributed by atoms with E-state index in [0.717, 1.165) is 45.8 Å². The van der Waals surface area contributed by atoms with Crippen molar-refractivity contribution in [2.24, 2.45) is 0 Å². The van der Waals surface area contributed by atoms with Gasteiger partial charge in [-0.05, 0) is 24.3 Å². The predicted octanol–water partition coefficient (Wildman–Crippen LogP) is 1.60. The lowest BCUT2D eigenvalue weighted by molar-refractivity contribution is 0.0174. The number of hydrogen-bond donors (Lipinski definition) is 2. The number of amides is 2. The minimum Gasteiger partial charge on any atom is -0.379 e. The predicted molar refractivity (Wildman–Crippen MR) is 89.8 cm³/mol. The van der Waals surface area contributed by atoms with Crippen molar-refractivity contribution in [3.63, 3.8) is 0 Å². The van der Waals surface area contributed by atoms with Crippen molar-refractivity contribution >= 4 is 17.4 Å². The number of morpholine rings is 1. The molecule has 3 rings (SSSR count). The summed E-state index contributed by atoms with van der Waals surface area (Å²) in [5.41, 5.74) is 0. The summed E-state index contributed by atoms with van der Waals surface area (Å²) in [6.07, 6.45) is 2.30. The maximum Gasteiger partial charge on any atom is 0.314 e. The van der Waals surface area contributed by atoms with E-state index in [4.69, 9.17) is 9.47 Å². The first-order valence-electron chi connectivity index (χ1n) is 8.31. The van der Waals surface area contributed by atoms with Gasteiger partial charge in [0.05, 0.1) is 25.4 Å². The molecule has 2 N–H and O–H groups in total. The van der Waals surface area contributed by atoms with Crippen LogP contribution < -0.4 is 10.6 Å². The highest BCUT2D eigenvalue weighted by molar-refractivity contribution is 7.10. The third-order valence-electron chi connectivity index (χ3n) is 4.33. The minimum atomic E-state index is -0.115. The van der Waals surface area contributed by atoms with Crippen LogP contribution in [0.4, 0.5) is 4.79 Å². The van der Waals surface area contributed by atoms with Crippen LogP contribution in [0.5, 0.6) is 0 Å². The summed E-state index contributed by atoms with van der Waals surface area (Å²) >= 11 is 1.74. The number of thiophene rings is 1. The molecule has 2 aliphatic heterocycles. The summed E-state index contributed by atoms with van der Waals surface area (Å²) in [5.74, 6) is 0. The van der Waals surface area contributed by atoms with E-state index in [1.54, 1.807) is 11.3 Å². The van der Waals surface area contributed by atoms with Crippen LogP contribution in [0.2, 0.25) is 0 Å². The number of carbonyl (C=O) groups excluding carboxylic acids is 1. The van der Waals surface area contributed by atoms with Gasteiger partial charge in [-0.25, -0.2) is 4.79 Å². The topological polar surface area (TPSA) is 62.8 Å². The molecule has 0 spiro atoms. The van der Waals surface area contributed by atoms with E-state index in [2.05, 4.69) is 33.0 Å². The van der Waals surface area contributed by atoms with Gasteiger partial charge in [0, 0.05) is 37.7 Å². The Morgan fingerprint density at radius 3 is 2.91 bits per heavy atom. The number of rotatable bonds is 6. The maximum absolute atomic E-state index is 12.0. The fourth-order valence-corrected chi connectivity index (χ4v) is 3.90. The molecular formula is C16H25N3O3S. The minimum absolute atomic E-state index is 0.115. The normalized spacial score (nSPS) is 23.6. The highest BCUT2D eigenvalue weighted by Gasteiger charge is 2.24. The van der Waals surface area contributed by atoms with E-state index in [1.165, 1.54) is 4.88 Å². The van der Waals surface area contributed by atoms with E-state index in [9.17, 15) is 4.79 Å². The molecule has 0 aromatic carbocycles. The maximum atomic E-state index is 12.0. The van der Waals surface area contributed by atoms with Crippen LogP contribution in [0, 0.1) is 0 Å². The van der Waals surface area contributed by atoms with Crippen molar-refractivity contribution < 1.29 is 14.3 Å². The molecule has 6 nitrogen and oxygen atoms in total. The monoisotopic (exact) mass is 339 g/mol. The summed E-state index contributed by atoms with van der Waals surface area (Å²) in [4.78, 5) is 15.7. The van der Waals surface area contributed by atoms with Crippen LogP contribution in [-0.2, 0) is 9.47 Å². The Morgan fingerprint density at radius 1 is 1.35 bits per heavy atom. The summed E-state index contributed by atoms with van der Waals surface area (Å²) in [5, 5.41) is 8.01. The quantitative estimate of drug-likeness (QED) is 0.826. The van der Waals surface area contributed by atoms with Gasteiger partial charge in [-0.15, -0.1) is 11.3 Å². The smallest absolute Gasteiger partial charge is 0.314 e. The van der Waals surface area contributed by atoms with E-state index in [-0.39, 0.29) is 18.2 Å². The molecule has 2 amide bonds. The zero-order chi connectivity index (χ0) is 15.9. The molecule has 0 saturated carbocycles. The molecule has 0 aliphatic carbocycles. The van der Waals surface area contributed by atoms with E-state index >= 15 is 0 Å². The second kappa shape index (κ2) is 8.63. The van der Waals surface area contributed by atoms with E-state index in [0.29, 0.717) is 13.1 Å². The molecule has 2 atom stereocenters. The molecule has 128 valence electrons. The molecule has 3 heterocycles. The first-order valence-corrected chi connectivity index (χ1v) is 9.19. The zero-order valence-electron chi connectivity index (χ0n) is 13.3. The summed E-state index contributed by atoms with van der Waals surface area (Å²) in [7, 11) is 0. The lowest BCUT2D eigenvalue weighted by Crippen LogP contribution is -2.46. The average molecular weight is 339 g/mol. The standard InChI is InChI=1S/C16H25N3O3S/c20-16(17-11-13-3-1-7-22-13)18-12-14(15-4-2-10-23-15)19-5-8-21-9-6-19/h2,4,10,13-14H,1,3,5-9,11-12H2,(H2,17,18,20). The Morgan fingerprint density at radius 2 is 2.22 bits per heavy atom. The van der Waals surface area contributed by atoms with Crippen LogP contribution >= 0.6 is 11.3 Å². The van der Waals surface area contributed by atoms with Gasteiger partial charge in [0.25, 0.3) is 0 Å². The van der Waals surface area contributed by atoms with Gasteiger partial charge in [-0.1, -0.05) is 6.07 Å². The molecule has 23 heavy (non-hydrogen) atoms. The van der Waals surface area contributed by atoms with Crippen molar-refractivity contribution in [2.45, 2.75) is 25.0 Å². The van der Waals surface area contributed by atoms with Crippen LogP contribution in [0.15, 0.2) is 17.5 Å². The number of urea groups is 1. The SMILES string of the molecule is O=C(NCC1CCCO1)NCC(c1cccs1)N1CCOCC1. The summed E-state index contributed by atoms with van der Waals surface area (Å²) < 4.78 is 11.0.